The predicted molar refractivity (Wildman–Crippen MR) is 54.9 cm³/mol. The van der Waals surface area contributed by atoms with Crippen molar-refractivity contribution in [2.75, 3.05) is 0 Å². The van der Waals surface area contributed by atoms with E-state index in [1.807, 2.05) is 0 Å². The summed E-state index contributed by atoms with van der Waals surface area (Å²) < 4.78 is 5.55. The van der Waals surface area contributed by atoms with Gasteiger partial charge < -0.3 is 9.22 Å². The molecule has 76 valence electrons. The molecule has 3 heteroatoms. The lowest BCUT2D eigenvalue weighted by atomic mass is 9.74. The van der Waals surface area contributed by atoms with E-state index in [4.69, 9.17) is 9.22 Å². The van der Waals surface area contributed by atoms with Crippen LogP contribution in [0.4, 0.5) is 0 Å². The summed E-state index contributed by atoms with van der Waals surface area (Å²) in [5.41, 5.74) is 0. The van der Waals surface area contributed by atoms with E-state index in [1.54, 1.807) is 0 Å². The van der Waals surface area contributed by atoms with Crippen molar-refractivity contribution >= 4 is 10.0 Å². The van der Waals surface area contributed by atoms with E-state index >= 15 is 0 Å². The summed E-state index contributed by atoms with van der Waals surface area (Å²) in [5, 5.41) is 0. The van der Waals surface area contributed by atoms with Crippen LogP contribution in [0.2, 0.25) is 0 Å². The molecule has 0 aromatic heterocycles. The quantitative estimate of drug-likeness (QED) is 0.679. The summed E-state index contributed by atoms with van der Waals surface area (Å²) in [6, 6.07) is 0. The Hall–Kier alpha value is 0.137. The molecule has 2 aliphatic carbocycles. The van der Waals surface area contributed by atoms with E-state index in [9.17, 15) is 0 Å². The Bertz CT molecular complexity index is 155. The summed E-state index contributed by atoms with van der Waals surface area (Å²) >= 11 is 0. The van der Waals surface area contributed by atoms with Crippen LogP contribution in [0.25, 0.3) is 0 Å². The fourth-order valence-corrected chi connectivity index (χ4v) is 2.96. The molecule has 0 bridgehead atoms. The standard InChI is InChI=1S/C10H20O2Si/c11-13-12-10(9-5-2-6-9)7-8-3-1-4-8/h8-11H,1-7,13H2. The van der Waals surface area contributed by atoms with Gasteiger partial charge in [-0.15, -0.1) is 0 Å². The third-order valence-electron chi connectivity index (χ3n) is 3.75. The molecule has 0 saturated heterocycles. The highest BCUT2D eigenvalue weighted by Crippen LogP contribution is 2.38. The van der Waals surface area contributed by atoms with Crippen LogP contribution in [0.15, 0.2) is 0 Å². The minimum atomic E-state index is -1.18. The fraction of sp³-hybridized carbons (Fsp3) is 1.00. The molecule has 13 heavy (non-hydrogen) atoms. The van der Waals surface area contributed by atoms with Gasteiger partial charge >= 0.3 is 10.0 Å². The Morgan fingerprint density at radius 2 is 1.92 bits per heavy atom. The maximum absolute atomic E-state index is 8.93. The topological polar surface area (TPSA) is 29.5 Å². The van der Waals surface area contributed by atoms with E-state index in [0.717, 1.165) is 11.8 Å². The average Bonchev–Trinajstić information content (AvgIpc) is 1.93. The van der Waals surface area contributed by atoms with Crippen molar-refractivity contribution in [1.29, 1.82) is 0 Å². The van der Waals surface area contributed by atoms with Gasteiger partial charge in [-0.3, -0.25) is 0 Å². The van der Waals surface area contributed by atoms with Crippen molar-refractivity contribution in [2.45, 2.75) is 51.0 Å². The van der Waals surface area contributed by atoms with Gasteiger partial charge in [0.25, 0.3) is 0 Å². The highest BCUT2D eigenvalue weighted by molar-refractivity contribution is 6.15. The Balaban J connectivity index is 1.73. The third-order valence-corrected chi connectivity index (χ3v) is 4.33. The van der Waals surface area contributed by atoms with Crippen LogP contribution in [0.1, 0.15) is 44.9 Å². The lowest BCUT2D eigenvalue weighted by molar-refractivity contribution is 0.0425. The van der Waals surface area contributed by atoms with E-state index in [0.29, 0.717) is 6.10 Å². The Kier molecular flexibility index (Phi) is 3.41. The van der Waals surface area contributed by atoms with Crippen molar-refractivity contribution in [3.8, 4) is 0 Å². The Morgan fingerprint density at radius 1 is 1.23 bits per heavy atom. The van der Waals surface area contributed by atoms with Crippen LogP contribution < -0.4 is 0 Å². The lowest BCUT2D eigenvalue weighted by Crippen LogP contribution is -2.33. The largest absolute Gasteiger partial charge is 0.415 e. The normalized spacial score (nSPS) is 27.5. The van der Waals surface area contributed by atoms with Gasteiger partial charge in [-0.05, 0) is 31.1 Å². The summed E-state index contributed by atoms with van der Waals surface area (Å²) in [7, 11) is -1.18. The van der Waals surface area contributed by atoms with Gasteiger partial charge in [0.15, 0.2) is 0 Å². The second-order valence-corrected chi connectivity index (χ2v) is 5.15. The lowest BCUT2D eigenvalue weighted by Gasteiger charge is -2.37. The number of rotatable bonds is 5. The molecule has 0 aliphatic heterocycles. The van der Waals surface area contributed by atoms with Gasteiger partial charge in [-0.1, -0.05) is 25.7 Å². The van der Waals surface area contributed by atoms with Crippen molar-refractivity contribution < 1.29 is 9.22 Å². The summed E-state index contributed by atoms with van der Waals surface area (Å²) in [5.74, 6) is 1.71. The van der Waals surface area contributed by atoms with Gasteiger partial charge in [0, 0.05) is 6.10 Å². The molecule has 2 nitrogen and oxygen atoms in total. The van der Waals surface area contributed by atoms with Crippen LogP contribution in [-0.4, -0.2) is 20.9 Å². The maximum atomic E-state index is 8.93. The minimum Gasteiger partial charge on any atom is -0.415 e. The van der Waals surface area contributed by atoms with Crippen molar-refractivity contribution in [3.05, 3.63) is 0 Å². The van der Waals surface area contributed by atoms with Gasteiger partial charge in [0.2, 0.25) is 0 Å². The van der Waals surface area contributed by atoms with Crippen LogP contribution in [0.5, 0.6) is 0 Å². The maximum Gasteiger partial charge on any atom is 0.302 e. The first-order chi connectivity index (χ1) is 6.40. The van der Waals surface area contributed by atoms with Gasteiger partial charge in [0.1, 0.15) is 0 Å². The molecule has 0 heterocycles. The monoisotopic (exact) mass is 200 g/mol. The molecule has 1 unspecified atom stereocenters. The first kappa shape index (κ1) is 9.68. The molecule has 0 spiro atoms. The SMILES string of the molecule is O[SiH2]OC(CC1CCC1)C1CCC1. The highest BCUT2D eigenvalue weighted by Gasteiger charge is 2.31. The molecular formula is C10H20O2Si. The summed E-state index contributed by atoms with van der Waals surface area (Å²) in [6.07, 6.45) is 9.94. The Labute approximate surface area is 82.7 Å². The smallest absolute Gasteiger partial charge is 0.302 e. The fourth-order valence-electron chi connectivity index (χ4n) is 2.36. The molecule has 0 radical (unpaired) electrons. The molecule has 0 aromatic carbocycles. The molecule has 2 saturated carbocycles. The van der Waals surface area contributed by atoms with Crippen LogP contribution in [0.3, 0.4) is 0 Å². The molecule has 0 aromatic rings. The third kappa shape index (κ3) is 2.33. The van der Waals surface area contributed by atoms with Crippen molar-refractivity contribution in [2.24, 2.45) is 11.8 Å². The highest BCUT2D eigenvalue weighted by atomic mass is 28.2. The van der Waals surface area contributed by atoms with Gasteiger partial charge in [-0.25, -0.2) is 0 Å². The zero-order valence-electron chi connectivity index (χ0n) is 8.24. The van der Waals surface area contributed by atoms with Crippen LogP contribution >= 0.6 is 0 Å². The van der Waals surface area contributed by atoms with E-state index < -0.39 is 10.0 Å². The van der Waals surface area contributed by atoms with E-state index in [-0.39, 0.29) is 0 Å². The van der Waals surface area contributed by atoms with Gasteiger partial charge in [-0.2, -0.15) is 0 Å². The molecule has 2 rings (SSSR count). The first-order valence-electron chi connectivity index (χ1n) is 5.62. The van der Waals surface area contributed by atoms with E-state index in [2.05, 4.69) is 0 Å². The van der Waals surface area contributed by atoms with Crippen LogP contribution in [0, 0.1) is 11.8 Å². The zero-order chi connectivity index (χ0) is 9.10. The van der Waals surface area contributed by atoms with Crippen molar-refractivity contribution in [1.82, 2.24) is 0 Å². The number of hydrogen-bond donors (Lipinski definition) is 1. The summed E-state index contributed by atoms with van der Waals surface area (Å²) in [4.78, 5) is 8.93. The molecule has 1 atom stereocenters. The average molecular weight is 200 g/mol. The summed E-state index contributed by atoms with van der Waals surface area (Å²) in [6.45, 7) is 0. The second-order valence-electron chi connectivity index (χ2n) is 4.56. The van der Waals surface area contributed by atoms with Crippen molar-refractivity contribution in [3.63, 3.8) is 0 Å². The predicted octanol–water partition coefficient (Wildman–Crippen LogP) is 1.35. The number of hydrogen-bond acceptors (Lipinski definition) is 2. The molecule has 2 fully saturated rings. The molecule has 0 amide bonds. The Morgan fingerprint density at radius 3 is 2.31 bits per heavy atom. The zero-order valence-corrected chi connectivity index (χ0v) is 9.66. The van der Waals surface area contributed by atoms with Crippen LogP contribution in [-0.2, 0) is 4.43 Å². The second kappa shape index (κ2) is 4.58. The van der Waals surface area contributed by atoms with E-state index in [1.165, 1.54) is 44.9 Å². The van der Waals surface area contributed by atoms with Gasteiger partial charge in [0.05, 0.1) is 0 Å². The molecular weight excluding hydrogens is 180 g/mol. The first-order valence-corrected chi connectivity index (χ1v) is 6.83. The molecule has 1 N–H and O–H groups in total. The minimum absolute atomic E-state index is 0.427. The molecule has 2 aliphatic rings.